The van der Waals surface area contributed by atoms with Crippen LogP contribution in [0.15, 0.2) is 45.3 Å². The number of benzene rings is 2. The summed E-state index contributed by atoms with van der Waals surface area (Å²) in [5.74, 6) is 1.69. The Labute approximate surface area is 132 Å². The van der Waals surface area contributed by atoms with Crippen molar-refractivity contribution in [1.29, 1.82) is 0 Å². The van der Waals surface area contributed by atoms with Crippen LogP contribution in [0.4, 0.5) is 0 Å². The molecule has 1 nitrogen and oxygen atoms in total. The van der Waals surface area contributed by atoms with Crippen molar-refractivity contribution in [3.63, 3.8) is 0 Å². The molecule has 0 bridgehead atoms. The van der Waals surface area contributed by atoms with E-state index in [4.69, 9.17) is 4.74 Å². The van der Waals surface area contributed by atoms with E-state index in [2.05, 4.69) is 53.9 Å². The molecule has 2 aromatic carbocycles. The van der Waals surface area contributed by atoms with Crippen molar-refractivity contribution in [2.75, 3.05) is 0 Å². The number of hydrogen-bond acceptors (Lipinski definition) is 1. The van der Waals surface area contributed by atoms with Crippen LogP contribution in [0.25, 0.3) is 0 Å². The van der Waals surface area contributed by atoms with Gasteiger partial charge in [-0.25, -0.2) is 0 Å². The zero-order valence-corrected chi connectivity index (χ0v) is 14.5. The zero-order chi connectivity index (χ0) is 13.1. The molecule has 0 aliphatic carbocycles. The molecule has 94 valence electrons. The van der Waals surface area contributed by atoms with Gasteiger partial charge < -0.3 is 4.74 Å². The molecule has 0 radical (unpaired) electrons. The van der Waals surface area contributed by atoms with Crippen LogP contribution in [0.5, 0.6) is 11.5 Å². The van der Waals surface area contributed by atoms with Crippen molar-refractivity contribution in [3.05, 3.63) is 56.5 Å². The van der Waals surface area contributed by atoms with E-state index in [0.717, 1.165) is 31.3 Å². The van der Waals surface area contributed by atoms with Crippen LogP contribution in [-0.2, 0) is 5.33 Å². The Kier molecular flexibility index (Phi) is 4.87. The Morgan fingerprint density at radius 1 is 1.00 bits per heavy atom. The summed E-state index contributed by atoms with van der Waals surface area (Å²) >= 11 is 10.4. The summed E-state index contributed by atoms with van der Waals surface area (Å²) in [6.07, 6.45) is 0. The molecule has 4 heteroatoms. The fraction of sp³-hybridized carbons (Fsp3) is 0.143. The van der Waals surface area contributed by atoms with E-state index in [9.17, 15) is 0 Å². The van der Waals surface area contributed by atoms with Crippen LogP contribution < -0.4 is 4.74 Å². The average Bonchev–Trinajstić information content (AvgIpc) is 2.34. The van der Waals surface area contributed by atoms with Crippen LogP contribution in [0.3, 0.4) is 0 Å². The van der Waals surface area contributed by atoms with Crippen LogP contribution >= 0.6 is 47.8 Å². The largest absolute Gasteiger partial charge is 0.456 e. The second kappa shape index (κ2) is 6.22. The van der Waals surface area contributed by atoms with Gasteiger partial charge in [-0.2, -0.15) is 0 Å². The van der Waals surface area contributed by atoms with E-state index in [1.54, 1.807) is 0 Å². The molecule has 0 unspecified atom stereocenters. The Morgan fingerprint density at radius 3 is 2.33 bits per heavy atom. The van der Waals surface area contributed by atoms with Gasteiger partial charge >= 0.3 is 0 Å². The van der Waals surface area contributed by atoms with E-state index in [1.807, 2.05) is 37.3 Å². The lowest BCUT2D eigenvalue weighted by Crippen LogP contribution is -1.89. The maximum Gasteiger partial charge on any atom is 0.141 e. The predicted octanol–water partition coefficient (Wildman–Crippen LogP) is 6.21. The number of alkyl halides is 1. The molecule has 0 atom stereocenters. The molecule has 2 rings (SSSR count). The molecule has 0 aliphatic rings. The normalized spacial score (nSPS) is 10.4. The standard InChI is InChI=1S/C14H11Br3O/c1-9-6-11(16)3-5-13(9)18-14-4-2-10(8-15)7-12(14)17/h2-7H,8H2,1H3. The van der Waals surface area contributed by atoms with Gasteiger partial charge in [-0.3, -0.25) is 0 Å². The van der Waals surface area contributed by atoms with Crippen molar-refractivity contribution in [3.8, 4) is 11.5 Å². The predicted molar refractivity (Wildman–Crippen MR) is 85.7 cm³/mol. The van der Waals surface area contributed by atoms with E-state index in [1.165, 1.54) is 5.56 Å². The summed E-state index contributed by atoms with van der Waals surface area (Å²) in [6, 6.07) is 12.0. The molecule has 18 heavy (non-hydrogen) atoms. The quantitative estimate of drug-likeness (QED) is 0.522. The Morgan fingerprint density at radius 2 is 1.72 bits per heavy atom. The third-order valence-corrected chi connectivity index (χ3v) is 4.27. The van der Waals surface area contributed by atoms with Gasteiger partial charge in [-0.1, -0.05) is 37.9 Å². The van der Waals surface area contributed by atoms with Gasteiger partial charge in [0.2, 0.25) is 0 Å². The molecular weight excluding hydrogens is 424 g/mol. The molecule has 0 spiro atoms. The van der Waals surface area contributed by atoms with E-state index >= 15 is 0 Å². The summed E-state index contributed by atoms with van der Waals surface area (Å²) < 4.78 is 7.93. The van der Waals surface area contributed by atoms with Gasteiger partial charge in [0.1, 0.15) is 11.5 Å². The van der Waals surface area contributed by atoms with E-state index in [0.29, 0.717) is 0 Å². The van der Waals surface area contributed by atoms with Crippen molar-refractivity contribution in [2.45, 2.75) is 12.3 Å². The number of rotatable bonds is 3. The third-order valence-electron chi connectivity index (χ3n) is 2.51. The molecule has 0 saturated heterocycles. The molecule has 0 amide bonds. The molecule has 0 fully saturated rings. The van der Waals surface area contributed by atoms with Crippen molar-refractivity contribution < 1.29 is 4.74 Å². The first kappa shape index (κ1) is 14.1. The highest BCUT2D eigenvalue weighted by Gasteiger charge is 2.06. The van der Waals surface area contributed by atoms with Crippen molar-refractivity contribution >= 4 is 47.8 Å². The van der Waals surface area contributed by atoms with Gasteiger partial charge in [-0.05, 0) is 64.3 Å². The highest BCUT2D eigenvalue weighted by molar-refractivity contribution is 9.11. The minimum Gasteiger partial charge on any atom is -0.456 e. The van der Waals surface area contributed by atoms with Crippen molar-refractivity contribution in [1.82, 2.24) is 0 Å². The highest BCUT2D eigenvalue weighted by Crippen LogP contribution is 2.33. The molecule has 0 N–H and O–H groups in total. The van der Waals surface area contributed by atoms with E-state index in [-0.39, 0.29) is 0 Å². The van der Waals surface area contributed by atoms with Gasteiger partial charge in [-0.15, -0.1) is 0 Å². The monoisotopic (exact) mass is 432 g/mol. The van der Waals surface area contributed by atoms with Crippen molar-refractivity contribution in [2.24, 2.45) is 0 Å². The molecule has 0 aliphatic heterocycles. The van der Waals surface area contributed by atoms with Gasteiger partial charge in [0, 0.05) is 9.80 Å². The Hall–Kier alpha value is -0.320. The lowest BCUT2D eigenvalue weighted by atomic mass is 10.2. The molecule has 2 aromatic rings. The fourth-order valence-electron chi connectivity index (χ4n) is 1.56. The maximum atomic E-state index is 5.91. The highest BCUT2D eigenvalue weighted by atomic mass is 79.9. The topological polar surface area (TPSA) is 9.23 Å². The minimum atomic E-state index is 0.824. The number of aryl methyl sites for hydroxylation is 1. The number of ether oxygens (including phenoxy) is 1. The molecule has 0 aromatic heterocycles. The molecule has 0 saturated carbocycles. The first-order chi connectivity index (χ1) is 8.60. The third kappa shape index (κ3) is 3.37. The zero-order valence-electron chi connectivity index (χ0n) is 9.71. The number of hydrogen-bond donors (Lipinski definition) is 0. The van der Waals surface area contributed by atoms with Crippen LogP contribution in [0, 0.1) is 6.92 Å². The average molecular weight is 435 g/mol. The second-order valence-corrected chi connectivity index (χ2v) is 6.24. The Balaban J connectivity index is 2.28. The summed E-state index contributed by atoms with van der Waals surface area (Å²) in [4.78, 5) is 0. The minimum absolute atomic E-state index is 0.824. The smallest absolute Gasteiger partial charge is 0.141 e. The fourth-order valence-corrected chi connectivity index (χ4v) is 2.89. The lowest BCUT2D eigenvalue weighted by molar-refractivity contribution is 0.475. The lowest BCUT2D eigenvalue weighted by Gasteiger charge is -2.11. The Bertz CT molecular complexity index is 567. The van der Waals surface area contributed by atoms with Gasteiger partial charge in [0.15, 0.2) is 0 Å². The SMILES string of the molecule is Cc1cc(Br)ccc1Oc1ccc(CBr)cc1Br. The van der Waals surface area contributed by atoms with Crippen LogP contribution in [0.2, 0.25) is 0 Å². The summed E-state index contributed by atoms with van der Waals surface area (Å²) in [6.45, 7) is 2.03. The first-order valence-corrected chi connectivity index (χ1v) is 8.09. The molecule has 0 heterocycles. The van der Waals surface area contributed by atoms with Gasteiger partial charge in [0.05, 0.1) is 4.47 Å². The second-order valence-electron chi connectivity index (χ2n) is 3.91. The van der Waals surface area contributed by atoms with Crippen LogP contribution in [-0.4, -0.2) is 0 Å². The van der Waals surface area contributed by atoms with E-state index < -0.39 is 0 Å². The molecular formula is C14H11Br3O. The summed E-state index contributed by atoms with van der Waals surface area (Å²) in [5, 5.41) is 0.836. The number of halogens is 3. The maximum absolute atomic E-state index is 5.91. The summed E-state index contributed by atoms with van der Waals surface area (Å²) in [5.41, 5.74) is 2.31. The van der Waals surface area contributed by atoms with Gasteiger partial charge in [0.25, 0.3) is 0 Å². The van der Waals surface area contributed by atoms with Crippen LogP contribution in [0.1, 0.15) is 11.1 Å². The summed E-state index contributed by atoms with van der Waals surface area (Å²) in [7, 11) is 0. The first-order valence-electron chi connectivity index (χ1n) is 5.38.